The van der Waals surface area contributed by atoms with Crippen molar-refractivity contribution >= 4 is 42.3 Å². The van der Waals surface area contributed by atoms with Gasteiger partial charge in [0.15, 0.2) is 0 Å². The fraction of sp³-hybridized carbons (Fsp3) is 0.571. The number of ether oxygens (including phenoxy) is 2. The highest BCUT2D eigenvalue weighted by Gasteiger charge is 2.32. The smallest absolute Gasteiger partial charge is 0.417 e. The van der Waals surface area contributed by atoms with Crippen LogP contribution in [0.5, 0.6) is 5.88 Å². The average Bonchev–Trinajstić information content (AvgIpc) is 3.00. The number of amides is 1. The van der Waals surface area contributed by atoms with Crippen LogP contribution >= 0.6 is 36.4 Å². The first-order valence-corrected chi connectivity index (χ1v) is 7.68. The lowest BCUT2D eigenvalue weighted by atomic mass is 10.2. The summed E-state index contributed by atoms with van der Waals surface area (Å²) < 4.78 is 48.1. The van der Waals surface area contributed by atoms with Gasteiger partial charge >= 0.3 is 6.18 Å². The van der Waals surface area contributed by atoms with Crippen molar-refractivity contribution in [2.45, 2.75) is 31.2 Å². The zero-order valence-corrected chi connectivity index (χ0v) is 15.8. The Bertz CT molecular complexity index is 594. The summed E-state index contributed by atoms with van der Waals surface area (Å²) in [4.78, 5) is 15.4. The fourth-order valence-electron chi connectivity index (χ4n) is 2.19. The van der Waals surface area contributed by atoms with Gasteiger partial charge in [0.2, 0.25) is 11.8 Å². The van der Waals surface area contributed by atoms with Crippen molar-refractivity contribution < 1.29 is 27.4 Å². The maximum atomic E-state index is 12.5. The first-order chi connectivity index (χ1) is 11.3. The normalized spacial score (nSPS) is 19.3. The lowest BCUT2D eigenvalue weighted by Crippen LogP contribution is -2.37. The van der Waals surface area contributed by atoms with Gasteiger partial charge in [-0.3, -0.25) is 4.79 Å². The maximum Gasteiger partial charge on any atom is 0.417 e. The van der Waals surface area contributed by atoms with E-state index in [0.717, 1.165) is 12.5 Å². The molecule has 0 bridgehead atoms. The van der Waals surface area contributed by atoms with Gasteiger partial charge in [-0.2, -0.15) is 13.2 Å². The van der Waals surface area contributed by atoms with Gasteiger partial charge in [-0.1, -0.05) is 11.6 Å². The Kier molecular flexibility index (Phi) is 10.6. The van der Waals surface area contributed by atoms with E-state index < -0.39 is 17.8 Å². The lowest BCUT2D eigenvalue weighted by Gasteiger charge is -2.13. The molecule has 2 rings (SSSR count). The summed E-state index contributed by atoms with van der Waals surface area (Å²) in [6, 6.07) is 0.738. The Hall–Kier alpha value is -1.00. The molecule has 1 saturated heterocycles. The molecule has 2 heterocycles. The molecule has 1 aromatic heterocycles. The van der Waals surface area contributed by atoms with Crippen LogP contribution in [0.2, 0.25) is 5.02 Å². The van der Waals surface area contributed by atoms with E-state index in [2.05, 4.69) is 10.3 Å². The molecule has 3 N–H and O–H groups in total. The molecule has 1 aliphatic heterocycles. The molecule has 1 fully saturated rings. The van der Waals surface area contributed by atoms with E-state index in [-0.39, 0.29) is 60.9 Å². The molecule has 0 radical (unpaired) electrons. The van der Waals surface area contributed by atoms with Crippen molar-refractivity contribution in [1.29, 1.82) is 0 Å². The van der Waals surface area contributed by atoms with E-state index >= 15 is 0 Å². The first kappa shape index (κ1) is 25.0. The number of hydrogen-bond donors (Lipinski definition) is 2. The highest BCUT2D eigenvalue weighted by atomic mass is 35.5. The fourth-order valence-corrected chi connectivity index (χ4v) is 2.42. The van der Waals surface area contributed by atoms with Gasteiger partial charge in [-0.05, 0) is 18.9 Å². The van der Waals surface area contributed by atoms with Crippen LogP contribution in [0, 0.1) is 0 Å². The highest BCUT2D eigenvalue weighted by molar-refractivity contribution is 6.31. The first-order valence-electron chi connectivity index (χ1n) is 7.30. The number of nitrogens with two attached hydrogens (primary N) is 1. The zero-order valence-electron chi connectivity index (χ0n) is 13.4. The van der Waals surface area contributed by atoms with Crippen LogP contribution in [-0.2, 0) is 15.7 Å². The largest absolute Gasteiger partial charge is 0.475 e. The zero-order chi connectivity index (χ0) is 17.7. The summed E-state index contributed by atoms with van der Waals surface area (Å²) in [6.07, 6.45) is -3.19. The minimum atomic E-state index is -4.52. The second-order valence-electron chi connectivity index (χ2n) is 5.21. The summed E-state index contributed by atoms with van der Waals surface area (Å²) in [5.74, 6) is -0.403. The summed E-state index contributed by atoms with van der Waals surface area (Å²) in [6.45, 7) is 0.521. The second kappa shape index (κ2) is 11.0. The molecule has 150 valence electrons. The topological polar surface area (TPSA) is 86.5 Å². The molecule has 26 heavy (non-hydrogen) atoms. The Morgan fingerprint density at radius 3 is 2.65 bits per heavy atom. The summed E-state index contributed by atoms with van der Waals surface area (Å²) in [5.41, 5.74) is 4.51. The van der Waals surface area contributed by atoms with Crippen LogP contribution in [-0.4, -0.2) is 42.8 Å². The van der Waals surface area contributed by atoms with Gasteiger partial charge in [-0.15, -0.1) is 24.8 Å². The van der Waals surface area contributed by atoms with E-state index in [1.54, 1.807) is 0 Å². The molecule has 1 amide bonds. The van der Waals surface area contributed by atoms with Crippen LogP contribution in [0.3, 0.4) is 0 Å². The molecule has 0 aromatic carbocycles. The van der Waals surface area contributed by atoms with Crippen molar-refractivity contribution in [3.63, 3.8) is 0 Å². The van der Waals surface area contributed by atoms with E-state index in [1.165, 1.54) is 0 Å². The number of pyridine rings is 1. The van der Waals surface area contributed by atoms with E-state index in [9.17, 15) is 18.0 Å². The maximum absolute atomic E-state index is 12.5. The summed E-state index contributed by atoms with van der Waals surface area (Å²) in [7, 11) is 0. The molecule has 2 atom stereocenters. The number of rotatable bonds is 6. The van der Waals surface area contributed by atoms with Crippen molar-refractivity contribution in [2.24, 2.45) is 5.73 Å². The molecule has 0 aliphatic carbocycles. The molecule has 6 nitrogen and oxygen atoms in total. The van der Waals surface area contributed by atoms with Crippen molar-refractivity contribution in [1.82, 2.24) is 10.3 Å². The second-order valence-corrected chi connectivity index (χ2v) is 5.62. The standard InChI is InChI=1S/C14H17ClF3N3O3.2ClH/c15-10-5-8(14(16,17)18)7-21-13(10)23-4-3-20-12(22)11-2-1-9(6-19)24-11;;/h5,7,9,11H,1-4,6,19H2,(H,20,22);2*1H/t9-,11+;;/m1../s1. The number of halogens is 6. The molecule has 0 unspecified atom stereocenters. The summed E-state index contributed by atoms with van der Waals surface area (Å²) in [5, 5.41) is 2.36. The number of alkyl halides is 3. The molecule has 12 heteroatoms. The summed E-state index contributed by atoms with van der Waals surface area (Å²) >= 11 is 5.71. The molecule has 1 aliphatic rings. The SMILES string of the molecule is Cl.Cl.NC[C@H]1CC[C@@H](C(=O)NCCOc2ncc(C(F)(F)F)cc2Cl)O1. The van der Waals surface area contributed by atoms with Gasteiger partial charge in [0.05, 0.1) is 18.2 Å². The van der Waals surface area contributed by atoms with E-state index in [4.69, 9.17) is 26.8 Å². The minimum absolute atomic E-state index is 0. The lowest BCUT2D eigenvalue weighted by molar-refractivity contribution is -0.138. The Morgan fingerprint density at radius 1 is 1.42 bits per heavy atom. The van der Waals surface area contributed by atoms with Crippen LogP contribution < -0.4 is 15.8 Å². The van der Waals surface area contributed by atoms with E-state index in [0.29, 0.717) is 19.2 Å². The Labute approximate surface area is 165 Å². The van der Waals surface area contributed by atoms with Crippen molar-refractivity contribution in [3.8, 4) is 5.88 Å². The number of aromatic nitrogens is 1. The quantitative estimate of drug-likeness (QED) is 0.664. The monoisotopic (exact) mass is 439 g/mol. The molecular weight excluding hydrogens is 422 g/mol. The molecular formula is C14H19Cl3F3N3O3. The van der Waals surface area contributed by atoms with Crippen LogP contribution in [0.4, 0.5) is 13.2 Å². The van der Waals surface area contributed by atoms with Gasteiger partial charge in [0.25, 0.3) is 0 Å². The third-order valence-electron chi connectivity index (χ3n) is 3.44. The predicted octanol–water partition coefficient (Wildman–Crippen LogP) is 2.60. The van der Waals surface area contributed by atoms with Crippen molar-refractivity contribution in [2.75, 3.05) is 19.7 Å². The highest BCUT2D eigenvalue weighted by Crippen LogP contribution is 2.33. The number of carbonyl (C=O) groups is 1. The third kappa shape index (κ3) is 6.96. The third-order valence-corrected chi connectivity index (χ3v) is 3.71. The number of nitrogens with zero attached hydrogens (tertiary/aromatic N) is 1. The number of carbonyl (C=O) groups excluding carboxylic acids is 1. The molecule has 0 spiro atoms. The van der Waals surface area contributed by atoms with Gasteiger partial charge < -0.3 is 20.5 Å². The number of nitrogens with one attached hydrogen (secondary N) is 1. The van der Waals surface area contributed by atoms with Crippen LogP contribution in [0.25, 0.3) is 0 Å². The molecule has 1 aromatic rings. The average molecular weight is 441 g/mol. The van der Waals surface area contributed by atoms with Gasteiger partial charge in [-0.25, -0.2) is 4.98 Å². The predicted molar refractivity (Wildman–Crippen MR) is 94.2 cm³/mol. The minimum Gasteiger partial charge on any atom is -0.475 e. The van der Waals surface area contributed by atoms with Crippen LogP contribution in [0.15, 0.2) is 12.3 Å². The Balaban J connectivity index is 0.00000312. The van der Waals surface area contributed by atoms with Crippen molar-refractivity contribution in [3.05, 3.63) is 22.8 Å². The van der Waals surface area contributed by atoms with E-state index in [1.807, 2.05) is 0 Å². The van der Waals surface area contributed by atoms with Gasteiger partial charge in [0, 0.05) is 12.7 Å². The molecule has 0 saturated carbocycles. The Morgan fingerprint density at radius 2 is 2.12 bits per heavy atom. The van der Waals surface area contributed by atoms with Crippen LogP contribution in [0.1, 0.15) is 18.4 Å². The number of hydrogen-bond acceptors (Lipinski definition) is 5. The van der Waals surface area contributed by atoms with Gasteiger partial charge in [0.1, 0.15) is 17.7 Å².